The summed E-state index contributed by atoms with van der Waals surface area (Å²) in [4.78, 5) is 10.8. The minimum Gasteiger partial charge on any atom is -0.506 e. The van der Waals surface area contributed by atoms with Gasteiger partial charge in [-0.1, -0.05) is 17.7 Å². The third-order valence-corrected chi connectivity index (χ3v) is 2.85. The number of phenolic OH excluding ortho intramolecular Hbond substituents is 1. The number of nitrogens with one attached hydrogen (secondary N) is 1. The van der Waals surface area contributed by atoms with Crippen molar-refractivity contribution in [2.45, 2.75) is 12.5 Å². The Kier molecular flexibility index (Phi) is 2.44. The molecular formula is C10H10ClNO2. The predicted octanol–water partition coefficient (Wildman–Crippen LogP) is 1.43. The number of carbonyl (C=O) groups is 1. The van der Waals surface area contributed by atoms with Crippen LogP contribution in [0.25, 0.3) is 0 Å². The lowest BCUT2D eigenvalue weighted by atomic mass is 9.95. The highest BCUT2D eigenvalue weighted by atomic mass is 35.5. The standard InChI is InChI=1S/C10H10ClNO2/c11-10-8(14)2-1-6-3-4-12-7(5-13)9(6)10/h1-2,5,7,12,14H,3-4H2. The third-order valence-electron chi connectivity index (χ3n) is 2.46. The van der Waals surface area contributed by atoms with E-state index in [1.54, 1.807) is 6.07 Å². The molecule has 0 saturated carbocycles. The number of aromatic hydroxyl groups is 1. The van der Waals surface area contributed by atoms with Gasteiger partial charge in [0, 0.05) is 12.1 Å². The summed E-state index contributed by atoms with van der Waals surface area (Å²) in [5.74, 6) is 0.0287. The van der Waals surface area contributed by atoms with Crippen LogP contribution in [0, 0.1) is 0 Å². The van der Waals surface area contributed by atoms with Crippen LogP contribution in [0.4, 0.5) is 0 Å². The Bertz CT molecular complexity index is 379. The van der Waals surface area contributed by atoms with Gasteiger partial charge < -0.3 is 15.2 Å². The molecule has 1 heterocycles. The topological polar surface area (TPSA) is 49.3 Å². The summed E-state index contributed by atoms with van der Waals surface area (Å²) < 4.78 is 0. The highest BCUT2D eigenvalue weighted by Gasteiger charge is 2.23. The largest absolute Gasteiger partial charge is 0.506 e. The number of hydrogen-bond donors (Lipinski definition) is 2. The van der Waals surface area contributed by atoms with Crippen molar-refractivity contribution >= 4 is 17.9 Å². The molecule has 0 spiro atoms. The Morgan fingerprint density at radius 2 is 2.36 bits per heavy atom. The summed E-state index contributed by atoms with van der Waals surface area (Å²) in [5.41, 5.74) is 1.75. The molecule has 1 atom stereocenters. The van der Waals surface area contributed by atoms with Crippen molar-refractivity contribution < 1.29 is 9.90 Å². The van der Waals surface area contributed by atoms with E-state index >= 15 is 0 Å². The van der Waals surface area contributed by atoms with E-state index in [1.165, 1.54) is 0 Å². The van der Waals surface area contributed by atoms with E-state index in [1.807, 2.05) is 6.07 Å². The molecule has 4 heteroatoms. The van der Waals surface area contributed by atoms with Gasteiger partial charge in [-0.15, -0.1) is 0 Å². The normalized spacial score (nSPS) is 20.2. The van der Waals surface area contributed by atoms with Gasteiger partial charge >= 0.3 is 0 Å². The molecule has 3 nitrogen and oxygen atoms in total. The first kappa shape index (κ1) is 9.49. The number of phenols is 1. The van der Waals surface area contributed by atoms with Gasteiger partial charge in [-0.05, 0) is 18.1 Å². The van der Waals surface area contributed by atoms with Gasteiger partial charge in [-0.2, -0.15) is 0 Å². The second kappa shape index (κ2) is 3.59. The van der Waals surface area contributed by atoms with Crippen molar-refractivity contribution in [1.29, 1.82) is 0 Å². The summed E-state index contributed by atoms with van der Waals surface area (Å²) in [5, 5.41) is 12.7. The number of hydrogen-bond acceptors (Lipinski definition) is 3. The Morgan fingerprint density at radius 3 is 3.07 bits per heavy atom. The number of benzene rings is 1. The molecule has 0 amide bonds. The van der Waals surface area contributed by atoms with Crippen LogP contribution in [0.1, 0.15) is 17.2 Å². The summed E-state index contributed by atoms with van der Waals surface area (Å²) in [6, 6.07) is 2.99. The van der Waals surface area contributed by atoms with Crippen LogP contribution in [-0.2, 0) is 11.2 Å². The summed E-state index contributed by atoms with van der Waals surface area (Å²) in [6.45, 7) is 0.761. The van der Waals surface area contributed by atoms with E-state index in [-0.39, 0.29) is 10.8 Å². The third kappa shape index (κ3) is 1.38. The summed E-state index contributed by atoms with van der Waals surface area (Å²) in [6.07, 6.45) is 1.64. The maximum atomic E-state index is 10.8. The fraction of sp³-hybridized carbons (Fsp3) is 0.300. The predicted molar refractivity (Wildman–Crippen MR) is 53.6 cm³/mol. The van der Waals surface area contributed by atoms with Gasteiger partial charge in [0.1, 0.15) is 12.0 Å². The van der Waals surface area contributed by atoms with E-state index in [4.69, 9.17) is 11.6 Å². The quantitative estimate of drug-likeness (QED) is 0.691. The molecule has 74 valence electrons. The van der Waals surface area contributed by atoms with E-state index in [0.29, 0.717) is 5.56 Å². The van der Waals surface area contributed by atoms with E-state index in [2.05, 4.69) is 5.32 Å². The maximum absolute atomic E-state index is 10.8. The highest BCUT2D eigenvalue weighted by Crippen LogP contribution is 2.35. The highest BCUT2D eigenvalue weighted by molar-refractivity contribution is 6.33. The zero-order valence-corrected chi connectivity index (χ0v) is 8.21. The van der Waals surface area contributed by atoms with Gasteiger partial charge in [0.05, 0.1) is 11.1 Å². The van der Waals surface area contributed by atoms with E-state index in [0.717, 1.165) is 24.8 Å². The molecule has 2 rings (SSSR count). The van der Waals surface area contributed by atoms with E-state index in [9.17, 15) is 9.90 Å². The molecule has 0 bridgehead atoms. The molecule has 0 aliphatic carbocycles. The lowest BCUT2D eigenvalue weighted by Gasteiger charge is -2.24. The summed E-state index contributed by atoms with van der Waals surface area (Å²) >= 11 is 5.94. The van der Waals surface area contributed by atoms with Crippen LogP contribution in [-0.4, -0.2) is 17.9 Å². The van der Waals surface area contributed by atoms with Gasteiger partial charge in [-0.25, -0.2) is 0 Å². The second-order valence-electron chi connectivity index (χ2n) is 3.29. The Morgan fingerprint density at radius 1 is 1.57 bits per heavy atom. The van der Waals surface area contributed by atoms with Gasteiger partial charge in [0.15, 0.2) is 0 Å². The Balaban J connectivity index is 2.58. The minimum atomic E-state index is -0.390. The first-order valence-electron chi connectivity index (χ1n) is 4.43. The van der Waals surface area contributed by atoms with Crippen LogP contribution in [0.15, 0.2) is 12.1 Å². The molecule has 1 aromatic rings. The molecule has 1 unspecified atom stereocenters. The smallest absolute Gasteiger partial charge is 0.141 e. The van der Waals surface area contributed by atoms with Crippen molar-refractivity contribution in [2.75, 3.05) is 6.54 Å². The van der Waals surface area contributed by atoms with Crippen LogP contribution in [0.3, 0.4) is 0 Å². The van der Waals surface area contributed by atoms with Crippen molar-refractivity contribution in [1.82, 2.24) is 5.32 Å². The molecular weight excluding hydrogens is 202 g/mol. The molecule has 0 radical (unpaired) electrons. The molecule has 2 N–H and O–H groups in total. The molecule has 1 aliphatic heterocycles. The van der Waals surface area contributed by atoms with Crippen molar-refractivity contribution in [3.63, 3.8) is 0 Å². The number of carbonyl (C=O) groups excluding carboxylic acids is 1. The first-order valence-corrected chi connectivity index (χ1v) is 4.80. The fourth-order valence-corrected chi connectivity index (χ4v) is 2.06. The average molecular weight is 212 g/mol. The molecule has 1 aromatic carbocycles. The Hall–Kier alpha value is -1.06. The Labute approximate surface area is 86.7 Å². The van der Waals surface area contributed by atoms with Crippen LogP contribution in [0.5, 0.6) is 5.75 Å². The van der Waals surface area contributed by atoms with Crippen LogP contribution in [0.2, 0.25) is 5.02 Å². The molecule has 1 aliphatic rings. The first-order chi connectivity index (χ1) is 6.74. The van der Waals surface area contributed by atoms with Crippen molar-refractivity contribution in [3.8, 4) is 5.75 Å². The number of halogens is 1. The number of fused-ring (bicyclic) bond motifs is 1. The van der Waals surface area contributed by atoms with Crippen LogP contribution < -0.4 is 5.32 Å². The lowest BCUT2D eigenvalue weighted by molar-refractivity contribution is -0.109. The zero-order valence-electron chi connectivity index (χ0n) is 7.46. The SMILES string of the molecule is O=CC1NCCc2ccc(O)c(Cl)c21. The van der Waals surface area contributed by atoms with Crippen LogP contribution >= 0.6 is 11.6 Å². The number of aldehydes is 1. The number of rotatable bonds is 1. The minimum absolute atomic E-state index is 0.0287. The zero-order chi connectivity index (χ0) is 10.1. The van der Waals surface area contributed by atoms with Crippen molar-refractivity contribution in [3.05, 3.63) is 28.3 Å². The fourth-order valence-electron chi connectivity index (χ4n) is 1.76. The molecule has 0 fully saturated rings. The summed E-state index contributed by atoms with van der Waals surface area (Å²) in [7, 11) is 0. The second-order valence-corrected chi connectivity index (χ2v) is 3.67. The lowest BCUT2D eigenvalue weighted by Crippen LogP contribution is -2.30. The van der Waals surface area contributed by atoms with Gasteiger partial charge in [0.25, 0.3) is 0 Å². The maximum Gasteiger partial charge on any atom is 0.141 e. The van der Waals surface area contributed by atoms with Gasteiger partial charge in [-0.3, -0.25) is 0 Å². The molecule has 0 saturated heterocycles. The average Bonchev–Trinajstić information content (AvgIpc) is 2.23. The van der Waals surface area contributed by atoms with Gasteiger partial charge in [0.2, 0.25) is 0 Å². The van der Waals surface area contributed by atoms with E-state index < -0.39 is 6.04 Å². The monoisotopic (exact) mass is 211 g/mol. The molecule has 14 heavy (non-hydrogen) atoms. The van der Waals surface area contributed by atoms with Crippen molar-refractivity contribution in [2.24, 2.45) is 0 Å². The molecule has 0 aromatic heterocycles.